The molecule has 0 bridgehead atoms. The summed E-state index contributed by atoms with van der Waals surface area (Å²) in [6, 6.07) is 11.9. The Hall–Kier alpha value is -1.42. The number of halogens is 3. The topological polar surface area (TPSA) is 38.3 Å². The predicted molar refractivity (Wildman–Crippen MR) is 91.3 cm³/mol. The number of ether oxygens (including phenoxy) is 1. The zero-order valence-corrected chi connectivity index (χ0v) is 14.0. The van der Waals surface area contributed by atoms with Crippen LogP contribution >= 0.6 is 34.8 Å². The van der Waals surface area contributed by atoms with Crippen LogP contribution in [0.2, 0.25) is 15.1 Å². The summed E-state index contributed by atoms with van der Waals surface area (Å²) in [5, 5.41) is 3.95. The van der Waals surface area contributed by atoms with Crippen LogP contribution in [0.3, 0.4) is 0 Å². The molecular formula is C16H14Cl3NO2. The van der Waals surface area contributed by atoms with Crippen LogP contribution in [0.4, 0.5) is 5.69 Å². The van der Waals surface area contributed by atoms with E-state index in [1.165, 1.54) is 0 Å². The van der Waals surface area contributed by atoms with Gasteiger partial charge in [-0.2, -0.15) is 0 Å². The Balaban J connectivity index is 2.10. The molecule has 0 fully saturated rings. The van der Waals surface area contributed by atoms with Crippen molar-refractivity contribution in [3.63, 3.8) is 0 Å². The summed E-state index contributed by atoms with van der Waals surface area (Å²) in [5.74, 6) is 0.235. The second kappa shape index (κ2) is 7.73. The number of amides is 1. The lowest BCUT2D eigenvalue weighted by Crippen LogP contribution is -2.32. The van der Waals surface area contributed by atoms with Crippen molar-refractivity contribution >= 4 is 46.4 Å². The van der Waals surface area contributed by atoms with Gasteiger partial charge in [0.25, 0.3) is 5.91 Å². The smallest absolute Gasteiger partial charge is 0.265 e. The van der Waals surface area contributed by atoms with Crippen LogP contribution in [0.15, 0.2) is 42.5 Å². The standard InChI is InChI=1S/C16H14Cl3NO2/c1-2-14(22-11-6-3-5-10(17)9-11)16(21)20-13-8-4-7-12(18)15(13)19/h3-9,14H,2H2,1H3,(H,20,21)/t14-/m0/s1. The second-order valence-electron chi connectivity index (χ2n) is 4.56. The molecule has 0 aromatic heterocycles. The lowest BCUT2D eigenvalue weighted by atomic mass is 10.2. The Labute approximate surface area is 144 Å². The van der Waals surface area contributed by atoms with Gasteiger partial charge in [-0.25, -0.2) is 0 Å². The van der Waals surface area contributed by atoms with Crippen molar-refractivity contribution in [3.8, 4) is 5.75 Å². The fourth-order valence-electron chi connectivity index (χ4n) is 1.84. The molecule has 0 saturated carbocycles. The first-order valence-corrected chi connectivity index (χ1v) is 7.81. The lowest BCUT2D eigenvalue weighted by Gasteiger charge is -2.18. The number of carbonyl (C=O) groups is 1. The largest absolute Gasteiger partial charge is 0.481 e. The van der Waals surface area contributed by atoms with Crippen LogP contribution < -0.4 is 10.1 Å². The van der Waals surface area contributed by atoms with Crippen LogP contribution in [0.1, 0.15) is 13.3 Å². The van der Waals surface area contributed by atoms with E-state index in [2.05, 4.69) is 5.32 Å². The van der Waals surface area contributed by atoms with Gasteiger partial charge in [-0.15, -0.1) is 0 Å². The summed E-state index contributed by atoms with van der Waals surface area (Å²) >= 11 is 17.9. The van der Waals surface area contributed by atoms with Crippen molar-refractivity contribution in [1.29, 1.82) is 0 Å². The fraction of sp³-hybridized carbons (Fsp3) is 0.188. The molecule has 0 heterocycles. The summed E-state index contributed by atoms with van der Waals surface area (Å²) < 4.78 is 5.68. The Morgan fingerprint density at radius 2 is 1.91 bits per heavy atom. The minimum absolute atomic E-state index is 0.299. The van der Waals surface area contributed by atoms with Gasteiger partial charge in [0.1, 0.15) is 5.75 Å². The average molecular weight is 359 g/mol. The minimum Gasteiger partial charge on any atom is -0.481 e. The van der Waals surface area contributed by atoms with Gasteiger partial charge in [-0.1, -0.05) is 53.9 Å². The van der Waals surface area contributed by atoms with E-state index in [9.17, 15) is 4.79 Å². The fourth-order valence-corrected chi connectivity index (χ4v) is 2.37. The van der Waals surface area contributed by atoms with Crippen LogP contribution in [-0.2, 0) is 4.79 Å². The Bertz CT molecular complexity index is 676. The second-order valence-corrected chi connectivity index (χ2v) is 5.78. The number of hydrogen-bond acceptors (Lipinski definition) is 2. The van der Waals surface area contributed by atoms with Gasteiger partial charge >= 0.3 is 0 Å². The van der Waals surface area contributed by atoms with E-state index in [4.69, 9.17) is 39.5 Å². The molecule has 1 amide bonds. The molecule has 0 unspecified atom stereocenters. The molecule has 22 heavy (non-hydrogen) atoms. The van der Waals surface area contributed by atoms with E-state index in [0.717, 1.165) is 0 Å². The third-order valence-corrected chi connectivity index (χ3v) is 4.00. The number of rotatable bonds is 5. The van der Waals surface area contributed by atoms with Gasteiger partial charge in [0.2, 0.25) is 0 Å². The quantitative estimate of drug-likeness (QED) is 0.772. The molecular weight excluding hydrogens is 345 g/mol. The molecule has 3 nitrogen and oxygen atoms in total. The molecule has 1 N–H and O–H groups in total. The molecule has 0 spiro atoms. The summed E-state index contributed by atoms with van der Waals surface area (Å²) in [6.07, 6.45) is -0.162. The van der Waals surface area contributed by atoms with Crippen molar-refractivity contribution in [3.05, 3.63) is 57.5 Å². The molecule has 0 saturated heterocycles. The Kier molecular flexibility index (Phi) is 5.95. The molecule has 0 aliphatic rings. The number of carbonyl (C=O) groups excluding carboxylic acids is 1. The van der Waals surface area contributed by atoms with Gasteiger partial charge < -0.3 is 10.1 Å². The van der Waals surface area contributed by atoms with E-state index in [-0.39, 0.29) is 5.91 Å². The van der Waals surface area contributed by atoms with Crippen LogP contribution in [0.25, 0.3) is 0 Å². The maximum atomic E-state index is 12.3. The minimum atomic E-state index is -0.659. The van der Waals surface area contributed by atoms with Crippen molar-refractivity contribution in [1.82, 2.24) is 0 Å². The highest BCUT2D eigenvalue weighted by Gasteiger charge is 2.20. The molecule has 0 aliphatic heterocycles. The van der Waals surface area contributed by atoms with Crippen molar-refractivity contribution in [2.24, 2.45) is 0 Å². The van der Waals surface area contributed by atoms with E-state index < -0.39 is 6.10 Å². The summed E-state index contributed by atoms with van der Waals surface area (Å²) in [7, 11) is 0. The molecule has 0 radical (unpaired) electrons. The number of anilines is 1. The molecule has 2 aromatic carbocycles. The average Bonchev–Trinajstić information content (AvgIpc) is 2.49. The summed E-state index contributed by atoms with van der Waals surface area (Å²) in [5.41, 5.74) is 0.451. The number of nitrogens with one attached hydrogen (secondary N) is 1. The maximum Gasteiger partial charge on any atom is 0.265 e. The van der Waals surface area contributed by atoms with Crippen LogP contribution in [0, 0.1) is 0 Å². The zero-order valence-electron chi connectivity index (χ0n) is 11.8. The SMILES string of the molecule is CC[C@H](Oc1cccc(Cl)c1)C(=O)Nc1cccc(Cl)c1Cl. The van der Waals surface area contributed by atoms with E-state index in [0.29, 0.717) is 32.9 Å². The molecule has 2 aromatic rings. The van der Waals surface area contributed by atoms with Crippen molar-refractivity contribution in [2.75, 3.05) is 5.32 Å². The molecule has 6 heteroatoms. The third-order valence-electron chi connectivity index (χ3n) is 2.95. The third kappa shape index (κ3) is 4.29. The van der Waals surface area contributed by atoms with Gasteiger partial charge in [0.05, 0.1) is 15.7 Å². The molecule has 116 valence electrons. The molecule has 1 atom stereocenters. The van der Waals surface area contributed by atoms with Crippen molar-refractivity contribution in [2.45, 2.75) is 19.4 Å². The highest BCUT2D eigenvalue weighted by molar-refractivity contribution is 6.44. The van der Waals surface area contributed by atoms with E-state index >= 15 is 0 Å². The van der Waals surface area contributed by atoms with E-state index in [1.807, 2.05) is 6.92 Å². The highest BCUT2D eigenvalue weighted by atomic mass is 35.5. The summed E-state index contributed by atoms with van der Waals surface area (Å²) in [6.45, 7) is 1.86. The normalized spacial score (nSPS) is 11.8. The number of hydrogen-bond donors (Lipinski definition) is 1. The predicted octanol–water partition coefficient (Wildman–Crippen LogP) is 5.44. The van der Waals surface area contributed by atoms with Gasteiger partial charge in [0, 0.05) is 5.02 Å². The van der Waals surface area contributed by atoms with Crippen molar-refractivity contribution < 1.29 is 9.53 Å². The Morgan fingerprint density at radius 1 is 1.18 bits per heavy atom. The van der Waals surface area contributed by atoms with Crippen LogP contribution in [-0.4, -0.2) is 12.0 Å². The first-order valence-electron chi connectivity index (χ1n) is 6.68. The molecule has 2 rings (SSSR count). The molecule has 0 aliphatic carbocycles. The Morgan fingerprint density at radius 3 is 2.59 bits per heavy atom. The number of benzene rings is 2. The highest BCUT2D eigenvalue weighted by Crippen LogP contribution is 2.30. The lowest BCUT2D eigenvalue weighted by molar-refractivity contribution is -0.122. The maximum absolute atomic E-state index is 12.3. The first kappa shape index (κ1) is 16.9. The van der Waals surface area contributed by atoms with Crippen LogP contribution in [0.5, 0.6) is 5.75 Å². The van der Waals surface area contributed by atoms with E-state index in [1.54, 1.807) is 42.5 Å². The summed E-state index contributed by atoms with van der Waals surface area (Å²) in [4.78, 5) is 12.3. The zero-order chi connectivity index (χ0) is 16.1. The first-order chi connectivity index (χ1) is 10.5. The van der Waals surface area contributed by atoms with Gasteiger partial charge in [-0.3, -0.25) is 4.79 Å². The monoisotopic (exact) mass is 357 g/mol. The van der Waals surface area contributed by atoms with Gasteiger partial charge in [0.15, 0.2) is 6.10 Å². The van der Waals surface area contributed by atoms with Gasteiger partial charge in [-0.05, 0) is 36.8 Å².